The third-order valence-electron chi connectivity index (χ3n) is 5.54. The van der Waals surface area contributed by atoms with Crippen LogP contribution in [0.5, 0.6) is 11.5 Å². The molecule has 0 saturated heterocycles. The number of nitrogens with zero attached hydrogens (tertiary/aromatic N) is 2. The summed E-state index contributed by atoms with van der Waals surface area (Å²) in [6, 6.07) is 20.1. The van der Waals surface area contributed by atoms with Crippen LogP contribution in [-0.4, -0.2) is 30.6 Å². The zero-order valence-corrected chi connectivity index (χ0v) is 18.7. The molecule has 0 fully saturated rings. The molecule has 0 saturated carbocycles. The normalized spacial score (nSPS) is 13.2. The number of carbonyl (C=O) groups excluding carboxylic acids is 1. The van der Waals surface area contributed by atoms with Crippen molar-refractivity contribution in [2.75, 3.05) is 24.7 Å². The molecule has 3 aromatic carbocycles. The summed E-state index contributed by atoms with van der Waals surface area (Å²) in [5.41, 5.74) is 2.69. The maximum absolute atomic E-state index is 12.7. The standard InChI is InChI=1S/C26H24N2O3S/c1-2-6-25-27-21(17-32-25)19-11-12-24-22(15-19)28(26(29)16-31-24)13-14-30-23-10-5-8-18-7-3-4-9-20(18)23/h3-5,7-12,15,17H,2,6,13-14,16H2,1H3. The molecular weight excluding hydrogens is 420 g/mol. The topological polar surface area (TPSA) is 51.7 Å². The van der Waals surface area contributed by atoms with Crippen molar-refractivity contribution in [1.29, 1.82) is 0 Å². The quantitative estimate of drug-likeness (QED) is 0.366. The fourth-order valence-corrected chi connectivity index (χ4v) is 4.86. The molecule has 1 aliphatic rings. The third kappa shape index (κ3) is 4.06. The van der Waals surface area contributed by atoms with Gasteiger partial charge in [0.05, 0.1) is 22.9 Å². The van der Waals surface area contributed by atoms with Crippen LogP contribution >= 0.6 is 11.3 Å². The monoisotopic (exact) mass is 444 g/mol. The van der Waals surface area contributed by atoms with Crippen molar-refractivity contribution >= 4 is 33.7 Å². The second-order valence-corrected chi connectivity index (χ2v) is 8.66. The molecule has 0 bridgehead atoms. The van der Waals surface area contributed by atoms with Gasteiger partial charge in [0.2, 0.25) is 0 Å². The Morgan fingerprint density at radius 3 is 2.91 bits per heavy atom. The number of amides is 1. The van der Waals surface area contributed by atoms with Crippen molar-refractivity contribution < 1.29 is 14.3 Å². The van der Waals surface area contributed by atoms with E-state index in [4.69, 9.17) is 14.5 Å². The van der Waals surface area contributed by atoms with E-state index in [9.17, 15) is 4.79 Å². The number of fused-ring (bicyclic) bond motifs is 2. The van der Waals surface area contributed by atoms with Crippen LogP contribution in [0.15, 0.2) is 66.0 Å². The van der Waals surface area contributed by atoms with Gasteiger partial charge in [-0.1, -0.05) is 43.3 Å². The Labute approximate surface area is 191 Å². The lowest BCUT2D eigenvalue weighted by Crippen LogP contribution is -2.41. The number of aromatic nitrogens is 1. The molecule has 4 aromatic rings. The predicted octanol–water partition coefficient (Wildman–Crippen LogP) is 5.72. The van der Waals surface area contributed by atoms with Gasteiger partial charge in [0.15, 0.2) is 6.61 Å². The first-order valence-electron chi connectivity index (χ1n) is 10.9. The van der Waals surface area contributed by atoms with Crippen LogP contribution in [0.4, 0.5) is 5.69 Å². The highest BCUT2D eigenvalue weighted by atomic mass is 32.1. The fraction of sp³-hybridized carbons (Fsp3) is 0.231. The van der Waals surface area contributed by atoms with E-state index in [1.54, 1.807) is 16.2 Å². The Morgan fingerprint density at radius 2 is 2.00 bits per heavy atom. The lowest BCUT2D eigenvalue weighted by atomic mass is 10.1. The summed E-state index contributed by atoms with van der Waals surface area (Å²) >= 11 is 1.68. The molecule has 1 amide bonds. The molecule has 6 heteroatoms. The van der Waals surface area contributed by atoms with Crippen molar-refractivity contribution in [2.24, 2.45) is 0 Å². The number of aryl methyl sites for hydroxylation is 1. The lowest BCUT2D eigenvalue weighted by Gasteiger charge is -2.29. The zero-order chi connectivity index (χ0) is 21.9. The molecule has 5 nitrogen and oxygen atoms in total. The van der Waals surface area contributed by atoms with Crippen LogP contribution in [0.25, 0.3) is 22.0 Å². The maximum atomic E-state index is 12.7. The Morgan fingerprint density at radius 1 is 1.12 bits per heavy atom. The molecule has 32 heavy (non-hydrogen) atoms. The van der Waals surface area contributed by atoms with Crippen LogP contribution in [0.2, 0.25) is 0 Å². The molecule has 0 aliphatic carbocycles. The van der Waals surface area contributed by atoms with Crippen molar-refractivity contribution in [2.45, 2.75) is 19.8 Å². The summed E-state index contributed by atoms with van der Waals surface area (Å²) in [5, 5.41) is 5.41. The first kappa shape index (κ1) is 20.5. The predicted molar refractivity (Wildman–Crippen MR) is 129 cm³/mol. The zero-order valence-electron chi connectivity index (χ0n) is 17.9. The van der Waals surface area contributed by atoms with Gasteiger partial charge in [-0.15, -0.1) is 11.3 Å². The van der Waals surface area contributed by atoms with E-state index in [1.165, 1.54) is 0 Å². The molecule has 0 spiro atoms. The highest BCUT2D eigenvalue weighted by Crippen LogP contribution is 2.36. The average Bonchev–Trinajstić information content (AvgIpc) is 3.29. The minimum Gasteiger partial charge on any atom is -0.491 e. The van der Waals surface area contributed by atoms with Gasteiger partial charge in [0.25, 0.3) is 5.91 Å². The highest BCUT2D eigenvalue weighted by molar-refractivity contribution is 7.09. The summed E-state index contributed by atoms with van der Waals surface area (Å²) in [6.07, 6.45) is 2.05. The summed E-state index contributed by atoms with van der Waals surface area (Å²) in [7, 11) is 0. The minimum absolute atomic E-state index is 0.0396. The van der Waals surface area contributed by atoms with Crippen LogP contribution in [0, 0.1) is 0 Å². The Kier molecular flexibility index (Phi) is 5.77. The molecule has 0 atom stereocenters. The van der Waals surface area contributed by atoms with Crippen LogP contribution in [-0.2, 0) is 11.2 Å². The van der Waals surface area contributed by atoms with Crippen molar-refractivity contribution in [3.63, 3.8) is 0 Å². The third-order valence-corrected chi connectivity index (χ3v) is 6.44. The number of ether oxygens (including phenoxy) is 2. The number of thiazole rings is 1. The number of hydrogen-bond donors (Lipinski definition) is 0. The van der Waals surface area contributed by atoms with Gasteiger partial charge in [0, 0.05) is 16.3 Å². The van der Waals surface area contributed by atoms with E-state index < -0.39 is 0 Å². The summed E-state index contributed by atoms with van der Waals surface area (Å²) in [4.78, 5) is 19.2. The molecule has 0 unspecified atom stereocenters. The summed E-state index contributed by atoms with van der Waals surface area (Å²) in [5.74, 6) is 1.47. The lowest BCUT2D eigenvalue weighted by molar-refractivity contribution is -0.121. The maximum Gasteiger partial charge on any atom is 0.265 e. The van der Waals surface area contributed by atoms with Gasteiger partial charge in [-0.3, -0.25) is 4.79 Å². The van der Waals surface area contributed by atoms with Crippen LogP contribution in [0.1, 0.15) is 18.4 Å². The number of carbonyl (C=O) groups is 1. The Balaban J connectivity index is 1.36. The minimum atomic E-state index is -0.0684. The molecular formula is C26H24N2O3S. The fourth-order valence-electron chi connectivity index (χ4n) is 3.95. The summed E-state index contributed by atoms with van der Waals surface area (Å²) in [6.45, 7) is 3.03. The number of rotatable bonds is 7. The number of hydrogen-bond acceptors (Lipinski definition) is 5. The highest BCUT2D eigenvalue weighted by Gasteiger charge is 2.26. The van der Waals surface area contributed by atoms with Gasteiger partial charge in [-0.25, -0.2) is 4.98 Å². The van der Waals surface area contributed by atoms with Gasteiger partial charge >= 0.3 is 0 Å². The van der Waals surface area contributed by atoms with E-state index in [2.05, 4.69) is 24.4 Å². The van der Waals surface area contributed by atoms with Gasteiger partial charge < -0.3 is 14.4 Å². The van der Waals surface area contributed by atoms with E-state index in [0.29, 0.717) is 18.9 Å². The van der Waals surface area contributed by atoms with E-state index in [-0.39, 0.29) is 12.5 Å². The van der Waals surface area contributed by atoms with Crippen molar-refractivity contribution in [1.82, 2.24) is 4.98 Å². The van der Waals surface area contributed by atoms with Gasteiger partial charge in [-0.05, 0) is 42.5 Å². The SMILES string of the molecule is CCCc1nc(-c2ccc3c(c2)N(CCOc2cccc4ccccc24)C(=O)CO3)cs1. The molecule has 2 heterocycles. The van der Waals surface area contributed by atoms with Crippen molar-refractivity contribution in [3.8, 4) is 22.8 Å². The van der Waals surface area contributed by atoms with Crippen LogP contribution < -0.4 is 14.4 Å². The van der Waals surface area contributed by atoms with E-state index in [1.807, 2.05) is 48.5 Å². The molecule has 5 rings (SSSR count). The molecule has 1 aliphatic heterocycles. The summed E-state index contributed by atoms with van der Waals surface area (Å²) < 4.78 is 11.8. The number of anilines is 1. The second kappa shape index (κ2) is 9.01. The Bertz CT molecular complexity index is 1260. The second-order valence-electron chi connectivity index (χ2n) is 7.72. The molecule has 0 N–H and O–H groups in total. The first-order valence-corrected chi connectivity index (χ1v) is 11.7. The van der Waals surface area contributed by atoms with Gasteiger partial charge in [-0.2, -0.15) is 0 Å². The Hall–Kier alpha value is -3.38. The molecule has 0 radical (unpaired) electrons. The van der Waals surface area contributed by atoms with E-state index in [0.717, 1.165) is 51.3 Å². The van der Waals surface area contributed by atoms with Gasteiger partial charge in [0.1, 0.15) is 18.1 Å². The first-order chi connectivity index (χ1) is 15.7. The van der Waals surface area contributed by atoms with Crippen molar-refractivity contribution in [3.05, 3.63) is 71.1 Å². The molecule has 1 aromatic heterocycles. The van der Waals surface area contributed by atoms with Crippen LogP contribution in [0.3, 0.4) is 0 Å². The number of benzene rings is 3. The van der Waals surface area contributed by atoms with E-state index >= 15 is 0 Å². The largest absolute Gasteiger partial charge is 0.491 e. The molecule has 162 valence electrons. The smallest absolute Gasteiger partial charge is 0.265 e. The average molecular weight is 445 g/mol.